The van der Waals surface area contributed by atoms with Crippen molar-refractivity contribution in [1.29, 1.82) is 0 Å². The zero-order valence-corrected chi connectivity index (χ0v) is 16.9. The van der Waals surface area contributed by atoms with Crippen LogP contribution in [0.15, 0.2) is 42.5 Å². The highest BCUT2D eigenvalue weighted by atomic mass is 35.5. The van der Waals surface area contributed by atoms with Crippen LogP contribution >= 0.6 is 23.2 Å². The van der Waals surface area contributed by atoms with E-state index in [1.54, 1.807) is 30.3 Å². The Kier molecular flexibility index (Phi) is 7.18. The molecule has 0 aromatic heterocycles. The van der Waals surface area contributed by atoms with Gasteiger partial charge in [-0.05, 0) is 49.6 Å². The number of ether oxygens (including phenoxy) is 1. The number of hydrogen-bond donors (Lipinski definition) is 1. The van der Waals surface area contributed by atoms with Crippen LogP contribution in [0.25, 0.3) is 0 Å². The van der Waals surface area contributed by atoms with E-state index in [9.17, 15) is 9.59 Å². The van der Waals surface area contributed by atoms with Crippen molar-refractivity contribution in [1.82, 2.24) is 4.90 Å². The minimum atomic E-state index is -0.160. The molecule has 1 aliphatic heterocycles. The lowest BCUT2D eigenvalue weighted by molar-refractivity contribution is -0.116. The SMILES string of the molecule is O=C(CCCOc1ccc(Cl)cc1Cl)Nc1ccccc1C(=O)N1CCCC1. The molecular weight excluding hydrogens is 399 g/mol. The van der Waals surface area contributed by atoms with Crippen molar-refractivity contribution in [3.05, 3.63) is 58.1 Å². The molecule has 0 saturated carbocycles. The van der Waals surface area contributed by atoms with Crippen molar-refractivity contribution in [3.63, 3.8) is 0 Å². The molecule has 2 aromatic carbocycles. The number of hydrogen-bond acceptors (Lipinski definition) is 3. The predicted octanol–water partition coefficient (Wildman–Crippen LogP) is 5.03. The number of para-hydroxylation sites is 1. The molecule has 2 amide bonds. The third-order valence-electron chi connectivity index (χ3n) is 4.52. The van der Waals surface area contributed by atoms with Crippen LogP contribution in [-0.2, 0) is 4.79 Å². The van der Waals surface area contributed by atoms with Gasteiger partial charge in [-0.15, -0.1) is 0 Å². The van der Waals surface area contributed by atoms with Gasteiger partial charge in [0, 0.05) is 24.5 Å². The molecule has 1 aliphatic rings. The standard InChI is InChI=1S/C21H22Cl2N2O3/c22-15-9-10-19(17(23)14-15)28-13-5-8-20(26)24-18-7-2-1-6-16(18)21(27)25-11-3-4-12-25/h1-2,6-7,9-10,14H,3-5,8,11-13H2,(H,24,26). The van der Waals surface area contributed by atoms with Gasteiger partial charge < -0.3 is 15.0 Å². The molecule has 0 spiro atoms. The molecule has 0 unspecified atom stereocenters. The number of anilines is 1. The number of carbonyl (C=O) groups is 2. The lowest BCUT2D eigenvalue weighted by Gasteiger charge is -2.18. The normalized spacial score (nSPS) is 13.4. The number of benzene rings is 2. The summed E-state index contributed by atoms with van der Waals surface area (Å²) >= 11 is 11.9. The fraction of sp³-hybridized carbons (Fsp3) is 0.333. The molecule has 3 rings (SSSR count). The van der Waals surface area contributed by atoms with Crippen molar-refractivity contribution < 1.29 is 14.3 Å². The van der Waals surface area contributed by atoms with Gasteiger partial charge in [-0.2, -0.15) is 0 Å². The first kappa shape index (κ1) is 20.5. The van der Waals surface area contributed by atoms with Crippen LogP contribution in [0.4, 0.5) is 5.69 Å². The highest BCUT2D eigenvalue weighted by Crippen LogP contribution is 2.27. The van der Waals surface area contributed by atoms with Crippen molar-refractivity contribution in [2.45, 2.75) is 25.7 Å². The second-order valence-electron chi connectivity index (χ2n) is 6.62. The Labute approximate surface area is 174 Å². The maximum Gasteiger partial charge on any atom is 0.255 e. The first-order valence-corrected chi connectivity index (χ1v) is 10.1. The fourth-order valence-corrected chi connectivity index (χ4v) is 3.55. The van der Waals surface area contributed by atoms with Gasteiger partial charge >= 0.3 is 0 Å². The second-order valence-corrected chi connectivity index (χ2v) is 7.46. The zero-order valence-electron chi connectivity index (χ0n) is 15.4. The quantitative estimate of drug-likeness (QED) is 0.639. The van der Waals surface area contributed by atoms with Crippen molar-refractivity contribution in [2.75, 3.05) is 25.0 Å². The highest BCUT2D eigenvalue weighted by Gasteiger charge is 2.22. The Morgan fingerprint density at radius 2 is 1.82 bits per heavy atom. The minimum Gasteiger partial charge on any atom is -0.492 e. The summed E-state index contributed by atoms with van der Waals surface area (Å²) < 4.78 is 5.59. The number of halogens is 2. The van der Waals surface area contributed by atoms with Gasteiger partial charge in [0.1, 0.15) is 5.75 Å². The number of likely N-dealkylation sites (tertiary alicyclic amines) is 1. The summed E-state index contributed by atoms with van der Waals surface area (Å²) in [5, 5.41) is 3.82. The molecule has 1 N–H and O–H groups in total. The average Bonchev–Trinajstić information content (AvgIpc) is 3.21. The smallest absolute Gasteiger partial charge is 0.255 e. The number of rotatable bonds is 7. The Hall–Kier alpha value is -2.24. The minimum absolute atomic E-state index is 0.0332. The van der Waals surface area contributed by atoms with Gasteiger partial charge in [0.25, 0.3) is 5.91 Å². The van der Waals surface area contributed by atoms with E-state index in [2.05, 4.69) is 5.32 Å². The van der Waals surface area contributed by atoms with E-state index in [1.165, 1.54) is 0 Å². The molecule has 2 aromatic rings. The monoisotopic (exact) mass is 420 g/mol. The van der Waals surface area contributed by atoms with Crippen molar-refractivity contribution in [2.24, 2.45) is 0 Å². The summed E-state index contributed by atoms with van der Waals surface area (Å²) in [5.74, 6) is 0.342. The summed E-state index contributed by atoms with van der Waals surface area (Å²) in [7, 11) is 0. The van der Waals surface area contributed by atoms with Crippen molar-refractivity contribution >= 4 is 40.7 Å². The average molecular weight is 421 g/mol. The lowest BCUT2D eigenvalue weighted by Crippen LogP contribution is -2.28. The number of nitrogens with zero attached hydrogens (tertiary/aromatic N) is 1. The van der Waals surface area contributed by atoms with Crippen LogP contribution in [0, 0.1) is 0 Å². The van der Waals surface area contributed by atoms with E-state index in [0.29, 0.717) is 40.1 Å². The summed E-state index contributed by atoms with van der Waals surface area (Å²) in [6, 6.07) is 12.1. The molecule has 148 valence electrons. The van der Waals surface area contributed by atoms with Gasteiger partial charge in [-0.1, -0.05) is 35.3 Å². The Morgan fingerprint density at radius 3 is 2.57 bits per heavy atom. The van der Waals surface area contributed by atoms with Gasteiger partial charge in [0.15, 0.2) is 0 Å². The molecule has 0 radical (unpaired) electrons. The summed E-state index contributed by atoms with van der Waals surface area (Å²) in [4.78, 5) is 26.8. The molecule has 1 fully saturated rings. The molecule has 7 heteroatoms. The molecule has 0 atom stereocenters. The third kappa shape index (κ3) is 5.40. The molecular formula is C21H22Cl2N2O3. The van der Waals surface area contributed by atoms with Gasteiger partial charge in [0.2, 0.25) is 5.91 Å². The maximum atomic E-state index is 12.7. The Bertz CT molecular complexity index is 851. The summed E-state index contributed by atoms with van der Waals surface area (Å²) in [5.41, 5.74) is 1.08. The van der Waals surface area contributed by atoms with Gasteiger partial charge in [-0.3, -0.25) is 9.59 Å². The lowest BCUT2D eigenvalue weighted by atomic mass is 10.1. The Morgan fingerprint density at radius 1 is 1.07 bits per heavy atom. The van der Waals surface area contributed by atoms with E-state index in [-0.39, 0.29) is 18.2 Å². The summed E-state index contributed by atoms with van der Waals surface area (Å²) in [6.45, 7) is 1.89. The number of amides is 2. The molecule has 0 bridgehead atoms. The van der Waals surface area contributed by atoms with Crippen LogP contribution in [0.1, 0.15) is 36.0 Å². The van der Waals surface area contributed by atoms with Crippen LogP contribution in [0.5, 0.6) is 5.75 Å². The largest absolute Gasteiger partial charge is 0.492 e. The van der Waals surface area contributed by atoms with Gasteiger partial charge in [0.05, 0.1) is 22.9 Å². The van der Waals surface area contributed by atoms with Crippen molar-refractivity contribution in [3.8, 4) is 5.75 Å². The third-order valence-corrected chi connectivity index (χ3v) is 5.05. The van der Waals surface area contributed by atoms with E-state index in [1.807, 2.05) is 17.0 Å². The predicted molar refractivity (Wildman–Crippen MR) is 111 cm³/mol. The van der Waals surface area contributed by atoms with E-state index in [4.69, 9.17) is 27.9 Å². The molecule has 0 aliphatic carbocycles. The maximum absolute atomic E-state index is 12.7. The first-order chi connectivity index (χ1) is 13.5. The van der Waals surface area contributed by atoms with E-state index >= 15 is 0 Å². The van der Waals surface area contributed by atoms with Crippen LogP contribution in [0.2, 0.25) is 10.0 Å². The molecule has 28 heavy (non-hydrogen) atoms. The second kappa shape index (κ2) is 9.80. The topological polar surface area (TPSA) is 58.6 Å². The number of carbonyl (C=O) groups excluding carboxylic acids is 2. The zero-order chi connectivity index (χ0) is 19.9. The van der Waals surface area contributed by atoms with Crippen LogP contribution in [0.3, 0.4) is 0 Å². The van der Waals surface area contributed by atoms with Crippen LogP contribution in [-0.4, -0.2) is 36.4 Å². The van der Waals surface area contributed by atoms with E-state index in [0.717, 1.165) is 25.9 Å². The fourth-order valence-electron chi connectivity index (χ4n) is 3.09. The number of nitrogens with one attached hydrogen (secondary N) is 1. The molecule has 5 nitrogen and oxygen atoms in total. The molecule has 1 saturated heterocycles. The summed E-state index contributed by atoms with van der Waals surface area (Å²) in [6.07, 6.45) is 2.85. The first-order valence-electron chi connectivity index (χ1n) is 9.30. The highest BCUT2D eigenvalue weighted by molar-refractivity contribution is 6.35. The Balaban J connectivity index is 1.50. The van der Waals surface area contributed by atoms with Gasteiger partial charge in [-0.25, -0.2) is 0 Å². The molecule has 1 heterocycles. The van der Waals surface area contributed by atoms with Crippen LogP contribution < -0.4 is 10.1 Å². The van der Waals surface area contributed by atoms with E-state index < -0.39 is 0 Å².